The maximum absolute atomic E-state index is 6.24. The van der Waals surface area contributed by atoms with Crippen LogP contribution in [0.2, 0.25) is 0 Å². The summed E-state index contributed by atoms with van der Waals surface area (Å²) in [5.41, 5.74) is 11.0. The molecule has 1 atom stereocenters. The van der Waals surface area contributed by atoms with Gasteiger partial charge in [0, 0.05) is 12.6 Å². The molecule has 0 aliphatic heterocycles. The van der Waals surface area contributed by atoms with Crippen LogP contribution in [0.4, 0.5) is 0 Å². The topological polar surface area (TPSA) is 38.5 Å². The van der Waals surface area contributed by atoms with E-state index in [-0.39, 0.29) is 6.04 Å². The summed E-state index contributed by atoms with van der Waals surface area (Å²) >= 11 is 0. The molecule has 1 unspecified atom stereocenters. The molecule has 0 aliphatic carbocycles. The summed E-state index contributed by atoms with van der Waals surface area (Å²) < 4.78 is 5.42. The van der Waals surface area contributed by atoms with Gasteiger partial charge in [-0.3, -0.25) is 0 Å². The standard InChI is InChI=1S/C14H24N2O/c1-9-7-12(13(15)8-16(4)5)10(2)11(3)14(9)17-6/h7,13H,8,15H2,1-6H3. The minimum Gasteiger partial charge on any atom is -0.496 e. The smallest absolute Gasteiger partial charge is 0.124 e. The van der Waals surface area contributed by atoms with E-state index in [1.54, 1.807) is 7.11 Å². The summed E-state index contributed by atoms with van der Waals surface area (Å²) in [6, 6.07) is 2.20. The molecule has 17 heavy (non-hydrogen) atoms. The Kier molecular flexibility index (Phi) is 4.54. The fourth-order valence-corrected chi connectivity index (χ4v) is 2.28. The number of ether oxygens (including phenoxy) is 1. The molecular formula is C14H24N2O. The Morgan fingerprint density at radius 2 is 1.82 bits per heavy atom. The van der Waals surface area contributed by atoms with Gasteiger partial charge in [0.25, 0.3) is 0 Å². The number of methoxy groups -OCH3 is 1. The first-order valence-corrected chi connectivity index (χ1v) is 5.93. The van der Waals surface area contributed by atoms with Crippen LogP contribution >= 0.6 is 0 Å². The van der Waals surface area contributed by atoms with Gasteiger partial charge in [0.15, 0.2) is 0 Å². The van der Waals surface area contributed by atoms with Crippen LogP contribution in [0.25, 0.3) is 0 Å². The van der Waals surface area contributed by atoms with E-state index in [1.807, 2.05) is 14.1 Å². The average molecular weight is 236 g/mol. The number of likely N-dealkylation sites (N-methyl/N-ethyl adjacent to an activating group) is 1. The van der Waals surface area contributed by atoms with Gasteiger partial charge in [0.2, 0.25) is 0 Å². The van der Waals surface area contributed by atoms with Crippen molar-refractivity contribution in [2.24, 2.45) is 5.73 Å². The molecule has 3 nitrogen and oxygen atoms in total. The first-order valence-electron chi connectivity index (χ1n) is 5.93. The van der Waals surface area contributed by atoms with Crippen LogP contribution in [-0.2, 0) is 0 Å². The van der Waals surface area contributed by atoms with Crippen molar-refractivity contribution in [2.45, 2.75) is 26.8 Å². The molecule has 0 saturated carbocycles. The lowest BCUT2D eigenvalue weighted by atomic mass is 9.94. The van der Waals surface area contributed by atoms with Crippen LogP contribution in [0.3, 0.4) is 0 Å². The van der Waals surface area contributed by atoms with Crippen LogP contribution in [0.5, 0.6) is 5.75 Å². The first-order chi connectivity index (χ1) is 7.88. The minimum atomic E-state index is 0.0494. The lowest BCUT2D eigenvalue weighted by Gasteiger charge is -2.22. The largest absolute Gasteiger partial charge is 0.496 e. The molecule has 0 fully saturated rings. The third kappa shape index (κ3) is 2.99. The SMILES string of the molecule is COc1c(C)cc(C(N)CN(C)C)c(C)c1C. The van der Waals surface area contributed by atoms with E-state index in [1.165, 1.54) is 16.7 Å². The maximum atomic E-state index is 6.24. The van der Waals surface area contributed by atoms with Gasteiger partial charge in [-0.1, -0.05) is 6.07 Å². The molecule has 0 amide bonds. The number of hydrogen-bond donors (Lipinski definition) is 1. The summed E-state index contributed by atoms with van der Waals surface area (Å²) in [6.45, 7) is 7.12. The van der Waals surface area contributed by atoms with Gasteiger partial charge in [0.1, 0.15) is 5.75 Å². The molecule has 1 aromatic rings. The van der Waals surface area contributed by atoms with Crippen LogP contribution in [0.15, 0.2) is 6.07 Å². The van der Waals surface area contributed by atoms with Crippen LogP contribution in [-0.4, -0.2) is 32.6 Å². The fourth-order valence-electron chi connectivity index (χ4n) is 2.28. The van der Waals surface area contributed by atoms with Gasteiger partial charge < -0.3 is 15.4 Å². The van der Waals surface area contributed by atoms with Crippen molar-refractivity contribution < 1.29 is 4.74 Å². The Labute approximate surface area is 105 Å². The van der Waals surface area contributed by atoms with Crippen LogP contribution < -0.4 is 10.5 Å². The monoisotopic (exact) mass is 236 g/mol. The van der Waals surface area contributed by atoms with Crippen molar-refractivity contribution >= 4 is 0 Å². The normalized spacial score (nSPS) is 12.9. The lowest BCUT2D eigenvalue weighted by molar-refractivity contribution is 0.375. The molecular weight excluding hydrogens is 212 g/mol. The molecule has 0 aromatic heterocycles. The van der Waals surface area contributed by atoms with Crippen LogP contribution in [0, 0.1) is 20.8 Å². The molecule has 3 heteroatoms. The van der Waals surface area contributed by atoms with Crippen molar-refractivity contribution in [2.75, 3.05) is 27.7 Å². The number of rotatable bonds is 4. The molecule has 1 aromatic carbocycles. The number of nitrogens with two attached hydrogens (primary N) is 1. The van der Waals surface area contributed by atoms with Gasteiger partial charge >= 0.3 is 0 Å². The summed E-state index contributed by atoms with van der Waals surface area (Å²) in [7, 11) is 5.80. The number of aryl methyl sites for hydroxylation is 1. The Morgan fingerprint density at radius 1 is 1.24 bits per heavy atom. The number of benzene rings is 1. The van der Waals surface area contributed by atoms with Gasteiger partial charge in [-0.2, -0.15) is 0 Å². The first kappa shape index (κ1) is 14.0. The van der Waals surface area contributed by atoms with E-state index in [0.29, 0.717) is 0 Å². The maximum Gasteiger partial charge on any atom is 0.124 e. The molecule has 0 bridgehead atoms. The summed E-state index contributed by atoms with van der Waals surface area (Å²) in [6.07, 6.45) is 0. The zero-order valence-electron chi connectivity index (χ0n) is 11.8. The van der Waals surface area contributed by atoms with Crippen molar-refractivity contribution in [1.29, 1.82) is 0 Å². The third-order valence-electron chi connectivity index (χ3n) is 3.23. The third-order valence-corrected chi connectivity index (χ3v) is 3.23. The number of hydrogen-bond acceptors (Lipinski definition) is 3. The highest BCUT2D eigenvalue weighted by atomic mass is 16.5. The minimum absolute atomic E-state index is 0.0494. The molecule has 1 rings (SSSR count). The second-order valence-corrected chi connectivity index (χ2v) is 4.93. The van der Waals surface area contributed by atoms with E-state index in [2.05, 4.69) is 31.7 Å². The molecule has 0 heterocycles. The molecule has 0 spiro atoms. The van der Waals surface area contributed by atoms with Gasteiger partial charge in [-0.15, -0.1) is 0 Å². The highest BCUT2D eigenvalue weighted by molar-refractivity contribution is 5.49. The predicted molar refractivity (Wildman–Crippen MR) is 72.7 cm³/mol. The Hall–Kier alpha value is -1.06. The quantitative estimate of drug-likeness (QED) is 0.871. The molecule has 0 radical (unpaired) electrons. The Balaban J connectivity index is 3.18. The average Bonchev–Trinajstić information content (AvgIpc) is 2.23. The van der Waals surface area contributed by atoms with E-state index in [0.717, 1.165) is 17.9 Å². The van der Waals surface area contributed by atoms with Gasteiger partial charge in [0.05, 0.1) is 7.11 Å². The summed E-state index contributed by atoms with van der Waals surface area (Å²) in [5, 5.41) is 0. The summed E-state index contributed by atoms with van der Waals surface area (Å²) in [4.78, 5) is 2.11. The second-order valence-electron chi connectivity index (χ2n) is 4.93. The van der Waals surface area contributed by atoms with Crippen molar-refractivity contribution in [3.05, 3.63) is 28.3 Å². The van der Waals surface area contributed by atoms with Crippen molar-refractivity contribution in [1.82, 2.24) is 4.90 Å². The van der Waals surface area contributed by atoms with E-state index in [9.17, 15) is 0 Å². The lowest BCUT2D eigenvalue weighted by Crippen LogP contribution is -2.26. The molecule has 2 N–H and O–H groups in total. The van der Waals surface area contributed by atoms with E-state index < -0.39 is 0 Å². The molecule has 96 valence electrons. The van der Waals surface area contributed by atoms with Crippen LogP contribution in [0.1, 0.15) is 28.3 Å². The van der Waals surface area contributed by atoms with Crippen molar-refractivity contribution in [3.8, 4) is 5.75 Å². The zero-order valence-corrected chi connectivity index (χ0v) is 11.8. The second kappa shape index (κ2) is 5.52. The van der Waals surface area contributed by atoms with E-state index >= 15 is 0 Å². The van der Waals surface area contributed by atoms with Gasteiger partial charge in [-0.05, 0) is 57.1 Å². The summed E-state index contributed by atoms with van der Waals surface area (Å²) in [5.74, 6) is 0.975. The Bertz CT molecular complexity index is 400. The highest BCUT2D eigenvalue weighted by Crippen LogP contribution is 2.30. The molecule has 0 saturated heterocycles. The number of nitrogens with zero attached hydrogens (tertiary/aromatic N) is 1. The Morgan fingerprint density at radius 3 is 2.29 bits per heavy atom. The van der Waals surface area contributed by atoms with Crippen molar-refractivity contribution in [3.63, 3.8) is 0 Å². The molecule has 0 aliphatic rings. The van der Waals surface area contributed by atoms with Gasteiger partial charge in [-0.25, -0.2) is 0 Å². The highest BCUT2D eigenvalue weighted by Gasteiger charge is 2.15. The zero-order chi connectivity index (χ0) is 13.2. The van der Waals surface area contributed by atoms with E-state index in [4.69, 9.17) is 10.5 Å². The fraction of sp³-hybridized carbons (Fsp3) is 0.571. The predicted octanol–water partition coefficient (Wildman–Crippen LogP) is 2.18.